The molecule has 0 saturated heterocycles. The molecule has 2 heteroatoms. The highest BCUT2D eigenvalue weighted by atomic mass is 16.3. The summed E-state index contributed by atoms with van der Waals surface area (Å²) in [4.78, 5) is 0. The molecule has 3 N–H and O–H groups in total. The van der Waals surface area contributed by atoms with E-state index in [2.05, 4.69) is 20.4 Å². The zero-order valence-electron chi connectivity index (χ0n) is 10.6. The van der Waals surface area contributed by atoms with Crippen molar-refractivity contribution < 1.29 is 5.11 Å². The third kappa shape index (κ3) is 7.16. The molecular formula is C14H25NO. The summed E-state index contributed by atoms with van der Waals surface area (Å²) in [5.74, 6) is 0.286. The Morgan fingerprint density at radius 2 is 2.06 bits per heavy atom. The summed E-state index contributed by atoms with van der Waals surface area (Å²) in [5.41, 5.74) is 6.33. The first-order chi connectivity index (χ1) is 7.61. The van der Waals surface area contributed by atoms with Gasteiger partial charge in [-0.2, -0.15) is 0 Å². The first kappa shape index (κ1) is 14.8. The van der Waals surface area contributed by atoms with Gasteiger partial charge in [0.1, 0.15) is 0 Å². The summed E-state index contributed by atoms with van der Waals surface area (Å²) in [5, 5.41) is 9.07. The summed E-state index contributed by atoms with van der Waals surface area (Å²) in [7, 11) is 0. The van der Waals surface area contributed by atoms with Gasteiger partial charge in [-0.25, -0.2) is 0 Å². The Balaban J connectivity index is 4.18. The minimum atomic E-state index is -0.131. The molecule has 92 valence electrons. The monoisotopic (exact) mass is 223 g/mol. The second-order valence-corrected chi connectivity index (χ2v) is 4.22. The molecule has 2 nitrogen and oxygen atoms in total. The van der Waals surface area contributed by atoms with E-state index in [1.807, 2.05) is 6.08 Å². The van der Waals surface area contributed by atoms with Gasteiger partial charge in [0.05, 0.1) is 0 Å². The number of unbranched alkanes of at least 4 members (excludes halogenated alkanes) is 3. The standard InChI is InChI=1S/C14H25NO/c1-4-6-7-8-10-12(3)13(9-5-2)11-14(15)16/h5,9,11-12,16H,2,4,6-8,10,15H2,1,3H3/b13-9+,14-11+. The van der Waals surface area contributed by atoms with Gasteiger partial charge in [-0.15, -0.1) is 0 Å². The molecule has 1 atom stereocenters. The molecule has 0 spiro atoms. The van der Waals surface area contributed by atoms with E-state index in [0.29, 0.717) is 5.92 Å². The molecule has 0 aliphatic heterocycles. The topological polar surface area (TPSA) is 46.2 Å². The average Bonchev–Trinajstić information content (AvgIpc) is 2.23. The summed E-state index contributed by atoms with van der Waals surface area (Å²) >= 11 is 0. The van der Waals surface area contributed by atoms with Gasteiger partial charge < -0.3 is 10.8 Å². The van der Waals surface area contributed by atoms with Crippen LogP contribution < -0.4 is 5.73 Å². The first-order valence-corrected chi connectivity index (χ1v) is 6.10. The highest BCUT2D eigenvalue weighted by Gasteiger charge is 2.06. The number of aliphatic hydroxyl groups excluding tert-OH is 1. The number of aliphatic hydroxyl groups is 1. The lowest BCUT2D eigenvalue weighted by Gasteiger charge is -2.12. The largest absolute Gasteiger partial charge is 0.495 e. The number of allylic oxidation sites excluding steroid dienone is 4. The maximum Gasteiger partial charge on any atom is 0.181 e. The van der Waals surface area contributed by atoms with Crippen molar-refractivity contribution >= 4 is 0 Å². The predicted octanol–water partition coefficient (Wildman–Crippen LogP) is 4.06. The van der Waals surface area contributed by atoms with Crippen LogP contribution in [0.15, 0.2) is 36.3 Å². The van der Waals surface area contributed by atoms with Gasteiger partial charge in [0.15, 0.2) is 5.88 Å². The Hall–Kier alpha value is -1.18. The molecule has 16 heavy (non-hydrogen) atoms. The van der Waals surface area contributed by atoms with Gasteiger partial charge >= 0.3 is 0 Å². The van der Waals surface area contributed by atoms with Crippen LogP contribution in [-0.4, -0.2) is 5.11 Å². The van der Waals surface area contributed by atoms with Gasteiger partial charge in [0.2, 0.25) is 0 Å². The van der Waals surface area contributed by atoms with E-state index in [0.717, 1.165) is 12.0 Å². The number of hydrogen-bond donors (Lipinski definition) is 2. The van der Waals surface area contributed by atoms with Crippen molar-refractivity contribution in [3.8, 4) is 0 Å². The first-order valence-electron chi connectivity index (χ1n) is 6.10. The number of rotatable bonds is 8. The zero-order valence-corrected chi connectivity index (χ0v) is 10.6. The summed E-state index contributed by atoms with van der Waals surface area (Å²) < 4.78 is 0. The normalized spacial score (nSPS) is 14.9. The molecule has 0 radical (unpaired) electrons. The fourth-order valence-electron chi connectivity index (χ4n) is 1.71. The minimum Gasteiger partial charge on any atom is -0.495 e. The lowest BCUT2D eigenvalue weighted by Crippen LogP contribution is -2.02. The molecule has 0 bridgehead atoms. The van der Waals surface area contributed by atoms with Gasteiger partial charge in [-0.3, -0.25) is 0 Å². The fourth-order valence-corrected chi connectivity index (χ4v) is 1.71. The molecule has 0 amide bonds. The molecule has 0 aromatic carbocycles. The van der Waals surface area contributed by atoms with Crippen LogP contribution in [0, 0.1) is 5.92 Å². The smallest absolute Gasteiger partial charge is 0.181 e. The van der Waals surface area contributed by atoms with Crippen molar-refractivity contribution in [3.05, 3.63) is 36.3 Å². The van der Waals surface area contributed by atoms with E-state index in [-0.39, 0.29) is 5.88 Å². The van der Waals surface area contributed by atoms with E-state index >= 15 is 0 Å². The third-order valence-electron chi connectivity index (χ3n) is 2.68. The predicted molar refractivity (Wildman–Crippen MR) is 71.1 cm³/mol. The van der Waals surface area contributed by atoms with Crippen LogP contribution in [0.25, 0.3) is 0 Å². The Morgan fingerprint density at radius 1 is 1.38 bits per heavy atom. The fraction of sp³-hybridized carbons (Fsp3) is 0.571. The van der Waals surface area contributed by atoms with Crippen LogP contribution in [0.5, 0.6) is 0 Å². The quantitative estimate of drug-likeness (QED) is 0.370. The zero-order chi connectivity index (χ0) is 12.4. The second-order valence-electron chi connectivity index (χ2n) is 4.22. The van der Waals surface area contributed by atoms with Crippen LogP contribution in [0.4, 0.5) is 0 Å². The van der Waals surface area contributed by atoms with Gasteiger partial charge in [0.25, 0.3) is 0 Å². The van der Waals surface area contributed by atoms with E-state index in [1.165, 1.54) is 25.7 Å². The van der Waals surface area contributed by atoms with Crippen molar-refractivity contribution in [2.75, 3.05) is 0 Å². The van der Waals surface area contributed by atoms with Gasteiger partial charge in [0, 0.05) is 6.08 Å². The molecule has 0 aliphatic rings. The lowest BCUT2D eigenvalue weighted by atomic mass is 9.94. The highest BCUT2D eigenvalue weighted by molar-refractivity contribution is 5.25. The third-order valence-corrected chi connectivity index (χ3v) is 2.68. The van der Waals surface area contributed by atoms with Gasteiger partial charge in [-0.1, -0.05) is 58.3 Å². The highest BCUT2D eigenvalue weighted by Crippen LogP contribution is 2.20. The lowest BCUT2D eigenvalue weighted by molar-refractivity contribution is 0.403. The molecule has 0 aliphatic carbocycles. The molecule has 0 rings (SSSR count). The Kier molecular flexibility index (Phi) is 8.41. The molecule has 1 unspecified atom stereocenters. The van der Waals surface area contributed by atoms with Crippen LogP contribution in [-0.2, 0) is 0 Å². The molecular weight excluding hydrogens is 198 g/mol. The molecule has 0 heterocycles. The van der Waals surface area contributed by atoms with E-state index in [1.54, 1.807) is 12.2 Å². The number of hydrogen-bond acceptors (Lipinski definition) is 2. The Labute approximate surface area is 99.5 Å². The van der Waals surface area contributed by atoms with Crippen LogP contribution in [0.2, 0.25) is 0 Å². The van der Waals surface area contributed by atoms with Crippen LogP contribution >= 0.6 is 0 Å². The number of nitrogens with two attached hydrogens (primary N) is 1. The molecule has 0 saturated carbocycles. The van der Waals surface area contributed by atoms with Crippen molar-refractivity contribution in [2.45, 2.75) is 46.0 Å². The Morgan fingerprint density at radius 3 is 2.56 bits per heavy atom. The minimum absolute atomic E-state index is 0.131. The average molecular weight is 223 g/mol. The van der Waals surface area contributed by atoms with E-state index in [4.69, 9.17) is 10.8 Å². The van der Waals surface area contributed by atoms with Gasteiger partial charge in [-0.05, 0) is 17.9 Å². The molecule has 0 aromatic heterocycles. The summed E-state index contributed by atoms with van der Waals surface area (Å²) in [6, 6.07) is 0. The Bertz CT molecular complexity index is 249. The summed E-state index contributed by atoms with van der Waals surface area (Å²) in [6.07, 6.45) is 11.4. The molecule has 0 fully saturated rings. The van der Waals surface area contributed by atoms with Crippen LogP contribution in [0.3, 0.4) is 0 Å². The van der Waals surface area contributed by atoms with Crippen molar-refractivity contribution in [2.24, 2.45) is 11.7 Å². The van der Waals surface area contributed by atoms with E-state index in [9.17, 15) is 0 Å². The maximum atomic E-state index is 9.07. The van der Waals surface area contributed by atoms with Crippen molar-refractivity contribution in [3.63, 3.8) is 0 Å². The maximum absolute atomic E-state index is 9.07. The van der Waals surface area contributed by atoms with Crippen molar-refractivity contribution in [1.29, 1.82) is 0 Å². The molecule has 0 aromatic rings. The second kappa shape index (κ2) is 9.08. The SMILES string of the molecule is C=C/C=C(\C=C(/N)O)C(C)CCCCCC. The van der Waals surface area contributed by atoms with Crippen molar-refractivity contribution in [1.82, 2.24) is 0 Å². The summed E-state index contributed by atoms with van der Waals surface area (Å²) in [6.45, 7) is 8.04. The van der Waals surface area contributed by atoms with E-state index < -0.39 is 0 Å². The van der Waals surface area contributed by atoms with Crippen LogP contribution in [0.1, 0.15) is 46.0 Å².